The van der Waals surface area contributed by atoms with E-state index in [1.807, 2.05) is 6.92 Å². The summed E-state index contributed by atoms with van der Waals surface area (Å²) in [6, 6.07) is 4.88. The van der Waals surface area contributed by atoms with Crippen LogP contribution in [0.2, 0.25) is 0 Å². The first kappa shape index (κ1) is 19.7. The summed E-state index contributed by atoms with van der Waals surface area (Å²) in [5.41, 5.74) is 1.34. The Bertz CT molecular complexity index is 565. The average molecular weight is 333 g/mol. The molecule has 1 aromatic carbocycles. The molecule has 0 aliphatic heterocycles. The van der Waals surface area contributed by atoms with Crippen molar-refractivity contribution >= 4 is 29.1 Å². The van der Waals surface area contributed by atoms with Crippen LogP contribution in [0.25, 0.3) is 0 Å². The van der Waals surface area contributed by atoms with E-state index in [-0.39, 0.29) is 23.8 Å². The van der Waals surface area contributed by atoms with E-state index in [0.717, 1.165) is 25.7 Å². The van der Waals surface area contributed by atoms with Crippen molar-refractivity contribution in [3.63, 3.8) is 0 Å². The van der Waals surface area contributed by atoms with Crippen LogP contribution in [0.3, 0.4) is 0 Å². The van der Waals surface area contributed by atoms with Crippen LogP contribution in [0, 0.1) is 0 Å². The Morgan fingerprint density at radius 1 is 0.958 bits per heavy atom. The van der Waals surface area contributed by atoms with E-state index >= 15 is 0 Å². The van der Waals surface area contributed by atoms with Crippen molar-refractivity contribution in [2.45, 2.75) is 59.4 Å². The monoisotopic (exact) mass is 333 g/mol. The topological polar surface area (TPSA) is 87.3 Å². The summed E-state index contributed by atoms with van der Waals surface area (Å²) in [6.07, 6.45) is 4.27. The molecule has 0 bridgehead atoms. The minimum atomic E-state index is -0.241. The summed E-state index contributed by atoms with van der Waals surface area (Å²) in [5.74, 6) is -0.707. The fourth-order valence-electron chi connectivity index (χ4n) is 2.39. The third-order valence-corrected chi connectivity index (χ3v) is 3.45. The molecule has 1 rings (SSSR count). The van der Waals surface area contributed by atoms with Gasteiger partial charge < -0.3 is 16.0 Å². The zero-order valence-electron chi connectivity index (χ0n) is 14.9. The molecule has 0 aromatic heterocycles. The van der Waals surface area contributed by atoms with Crippen molar-refractivity contribution in [3.05, 3.63) is 23.8 Å². The molecule has 0 saturated carbocycles. The maximum absolute atomic E-state index is 12.4. The smallest absolute Gasteiger partial charge is 0.251 e. The van der Waals surface area contributed by atoms with E-state index in [1.54, 1.807) is 18.2 Å². The molecule has 0 saturated heterocycles. The predicted octanol–water partition coefficient (Wildman–Crippen LogP) is 3.30. The molecule has 0 spiro atoms. The number of hydrogen-bond acceptors (Lipinski definition) is 3. The van der Waals surface area contributed by atoms with Gasteiger partial charge in [0.15, 0.2) is 0 Å². The molecule has 3 amide bonds. The summed E-state index contributed by atoms with van der Waals surface area (Å²) >= 11 is 0. The Hall–Kier alpha value is -2.37. The number of nitrogens with one attached hydrogen (secondary N) is 3. The van der Waals surface area contributed by atoms with Crippen LogP contribution in [0.1, 0.15) is 63.7 Å². The third kappa shape index (κ3) is 7.26. The minimum absolute atomic E-state index is 0.0673. The summed E-state index contributed by atoms with van der Waals surface area (Å²) < 4.78 is 0. The van der Waals surface area contributed by atoms with Gasteiger partial charge in [-0.15, -0.1) is 0 Å². The van der Waals surface area contributed by atoms with Crippen LogP contribution in [-0.4, -0.2) is 23.8 Å². The van der Waals surface area contributed by atoms with Crippen LogP contribution in [0.15, 0.2) is 18.2 Å². The molecule has 0 aliphatic rings. The quantitative estimate of drug-likeness (QED) is 0.638. The maximum atomic E-state index is 12.4. The van der Waals surface area contributed by atoms with Crippen molar-refractivity contribution in [2.24, 2.45) is 0 Å². The van der Waals surface area contributed by atoms with Gasteiger partial charge in [-0.1, -0.05) is 26.2 Å². The second-order valence-corrected chi connectivity index (χ2v) is 6.03. The fraction of sp³-hybridized carbons (Fsp3) is 0.500. The largest absolute Gasteiger partial charge is 0.350 e. The molecule has 0 heterocycles. The summed E-state index contributed by atoms with van der Waals surface area (Å²) in [5, 5.41) is 8.23. The van der Waals surface area contributed by atoms with Crippen molar-refractivity contribution < 1.29 is 14.4 Å². The van der Waals surface area contributed by atoms with Crippen molar-refractivity contribution in [1.29, 1.82) is 0 Å². The Morgan fingerprint density at radius 2 is 1.50 bits per heavy atom. The standard InChI is InChI=1S/C18H27N3O3/c1-5-6-7-8-12(2)19-18(24)15-9-16(20-13(3)22)11-17(10-15)21-14(4)23/h9-12H,5-8H2,1-4H3,(H,19,24)(H,20,22)(H,21,23). The maximum Gasteiger partial charge on any atom is 0.251 e. The third-order valence-electron chi connectivity index (χ3n) is 3.45. The zero-order valence-corrected chi connectivity index (χ0v) is 14.9. The predicted molar refractivity (Wildman–Crippen MR) is 96.1 cm³/mol. The number of anilines is 2. The van der Waals surface area contributed by atoms with E-state index in [4.69, 9.17) is 0 Å². The van der Waals surface area contributed by atoms with Gasteiger partial charge in [-0.2, -0.15) is 0 Å². The van der Waals surface area contributed by atoms with Crippen LogP contribution in [0.5, 0.6) is 0 Å². The molecule has 1 aromatic rings. The van der Waals surface area contributed by atoms with E-state index in [1.165, 1.54) is 13.8 Å². The number of unbranched alkanes of at least 4 members (excludes halogenated alkanes) is 2. The summed E-state index contributed by atoms with van der Waals surface area (Å²) in [4.78, 5) is 34.9. The van der Waals surface area contributed by atoms with E-state index in [0.29, 0.717) is 16.9 Å². The number of rotatable bonds is 8. The second kappa shape index (κ2) is 9.70. The lowest BCUT2D eigenvalue weighted by atomic mass is 10.1. The second-order valence-electron chi connectivity index (χ2n) is 6.03. The molecule has 3 N–H and O–H groups in total. The molecule has 1 atom stereocenters. The highest BCUT2D eigenvalue weighted by Gasteiger charge is 2.13. The first-order valence-corrected chi connectivity index (χ1v) is 8.33. The van der Waals surface area contributed by atoms with Crippen LogP contribution >= 0.6 is 0 Å². The molecule has 132 valence electrons. The van der Waals surface area contributed by atoms with Gasteiger partial charge in [-0.25, -0.2) is 0 Å². The Kier molecular flexibility index (Phi) is 7.95. The number of hydrogen-bond donors (Lipinski definition) is 3. The Labute approximate surface area is 143 Å². The molecule has 6 heteroatoms. The van der Waals surface area contributed by atoms with E-state index in [9.17, 15) is 14.4 Å². The van der Waals surface area contributed by atoms with Crippen LogP contribution in [0.4, 0.5) is 11.4 Å². The van der Waals surface area contributed by atoms with Gasteiger partial charge in [0.05, 0.1) is 0 Å². The normalized spacial score (nSPS) is 11.5. The number of amides is 3. The Morgan fingerprint density at radius 3 is 1.96 bits per heavy atom. The number of benzene rings is 1. The van der Waals surface area contributed by atoms with Gasteiger partial charge in [0, 0.05) is 36.8 Å². The van der Waals surface area contributed by atoms with Crippen molar-refractivity contribution in [3.8, 4) is 0 Å². The molecule has 0 radical (unpaired) electrons. The highest BCUT2D eigenvalue weighted by Crippen LogP contribution is 2.20. The lowest BCUT2D eigenvalue weighted by Gasteiger charge is -2.15. The van der Waals surface area contributed by atoms with E-state index in [2.05, 4.69) is 22.9 Å². The lowest BCUT2D eigenvalue weighted by molar-refractivity contribution is -0.115. The van der Waals surface area contributed by atoms with Crippen LogP contribution < -0.4 is 16.0 Å². The van der Waals surface area contributed by atoms with Gasteiger partial charge in [-0.3, -0.25) is 14.4 Å². The minimum Gasteiger partial charge on any atom is -0.350 e. The number of carbonyl (C=O) groups excluding carboxylic acids is 3. The molecular weight excluding hydrogens is 306 g/mol. The van der Waals surface area contributed by atoms with Gasteiger partial charge >= 0.3 is 0 Å². The molecule has 0 aliphatic carbocycles. The highest BCUT2D eigenvalue weighted by molar-refractivity contribution is 6.00. The van der Waals surface area contributed by atoms with Gasteiger partial charge in [-0.05, 0) is 31.5 Å². The van der Waals surface area contributed by atoms with Gasteiger partial charge in [0.1, 0.15) is 0 Å². The summed E-state index contributed by atoms with van der Waals surface area (Å²) in [6.45, 7) is 6.89. The molecule has 24 heavy (non-hydrogen) atoms. The molecule has 1 unspecified atom stereocenters. The highest BCUT2D eigenvalue weighted by atomic mass is 16.2. The first-order valence-electron chi connectivity index (χ1n) is 8.33. The molecular formula is C18H27N3O3. The zero-order chi connectivity index (χ0) is 18.1. The Balaban J connectivity index is 2.88. The number of carbonyl (C=O) groups is 3. The van der Waals surface area contributed by atoms with E-state index < -0.39 is 0 Å². The van der Waals surface area contributed by atoms with Crippen molar-refractivity contribution in [1.82, 2.24) is 5.32 Å². The first-order chi connectivity index (χ1) is 11.3. The fourth-order valence-corrected chi connectivity index (χ4v) is 2.39. The average Bonchev–Trinajstić information content (AvgIpc) is 2.45. The van der Waals surface area contributed by atoms with Crippen molar-refractivity contribution in [2.75, 3.05) is 10.6 Å². The van der Waals surface area contributed by atoms with Crippen LogP contribution in [-0.2, 0) is 9.59 Å². The van der Waals surface area contributed by atoms with Gasteiger partial charge in [0.2, 0.25) is 11.8 Å². The molecule has 0 fully saturated rings. The van der Waals surface area contributed by atoms with Gasteiger partial charge in [0.25, 0.3) is 5.91 Å². The summed E-state index contributed by atoms with van der Waals surface area (Å²) in [7, 11) is 0. The SMILES string of the molecule is CCCCCC(C)NC(=O)c1cc(NC(C)=O)cc(NC(C)=O)c1. The lowest BCUT2D eigenvalue weighted by Crippen LogP contribution is -2.32. The molecule has 6 nitrogen and oxygen atoms in total.